The molecule has 0 aliphatic heterocycles. The second-order valence-corrected chi connectivity index (χ2v) is 4.87. The van der Waals surface area contributed by atoms with Gasteiger partial charge in [-0.05, 0) is 31.0 Å². The Morgan fingerprint density at radius 2 is 2.06 bits per heavy atom. The van der Waals surface area contributed by atoms with Gasteiger partial charge in [0.1, 0.15) is 12.4 Å². The van der Waals surface area contributed by atoms with E-state index in [0.29, 0.717) is 12.0 Å². The normalized spacial score (nSPS) is 24.2. The molecular weight excluding hydrogens is 259 g/mol. The Kier molecular flexibility index (Phi) is 5.72. The smallest absolute Gasteiger partial charge is 0.137 e. The average Bonchev–Trinajstić information content (AvgIpc) is 2.80. The lowest BCUT2D eigenvalue weighted by Crippen LogP contribution is -2.38. The van der Waals surface area contributed by atoms with Gasteiger partial charge in [0, 0.05) is 6.20 Å². The average molecular weight is 279 g/mol. The summed E-state index contributed by atoms with van der Waals surface area (Å²) in [5, 5.41) is 3.37. The minimum Gasteiger partial charge on any atom is -0.490 e. The molecule has 2 rings (SSSR count). The molecule has 1 aromatic rings. The number of nitrogens with zero attached hydrogens (tertiary/aromatic N) is 1. The van der Waals surface area contributed by atoms with Crippen LogP contribution in [0.5, 0.6) is 5.75 Å². The molecule has 0 bridgehead atoms. The van der Waals surface area contributed by atoms with Crippen molar-refractivity contribution in [3.8, 4) is 5.75 Å². The van der Waals surface area contributed by atoms with Gasteiger partial charge in [-0.15, -0.1) is 24.8 Å². The predicted octanol–water partition coefficient (Wildman–Crippen LogP) is 2.69. The van der Waals surface area contributed by atoms with E-state index in [4.69, 9.17) is 4.74 Å². The summed E-state index contributed by atoms with van der Waals surface area (Å²) in [5.41, 5.74) is 0.479. The first kappa shape index (κ1) is 16.5. The fraction of sp³-hybridized carbons (Fsp3) is 0.583. The molecule has 1 aliphatic rings. The number of hydrogen-bond acceptors (Lipinski definition) is 3. The molecule has 1 saturated carbocycles. The van der Waals surface area contributed by atoms with Crippen molar-refractivity contribution in [3.63, 3.8) is 0 Å². The molecular formula is C12H20Cl2N2O. The molecule has 0 spiro atoms. The third-order valence-electron chi connectivity index (χ3n) is 3.51. The molecule has 0 unspecified atom stereocenters. The highest BCUT2D eigenvalue weighted by Gasteiger charge is 2.60. The van der Waals surface area contributed by atoms with E-state index in [1.54, 1.807) is 12.4 Å². The monoisotopic (exact) mass is 278 g/mol. The maximum Gasteiger partial charge on any atom is 0.137 e. The Labute approximate surface area is 115 Å². The molecule has 0 saturated heterocycles. The summed E-state index contributed by atoms with van der Waals surface area (Å²) >= 11 is 0. The van der Waals surface area contributed by atoms with Crippen molar-refractivity contribution >= 4 is 24.8 Å². The number of aromatic nitrogens is 1. The summed E-state index contributed by atoms with van der Waals surface area (Å²) in [4.78, 5) is 4.02. The van der Waals surface area contributed by atoms with Crippen molar-refractivity contribution in [1.29, 1.82) is 0 Å². The van der Waals surface area contributed by atoms with E-state index in [2.05, 4.69) is 24.1 Å². The maximum absolute atomic E-state index is 5.73. The quantitative estimate of drug-likeness (QED) is 0.920. The lowest BCUT2D eigenvalue weighted by atomic mass is 10.1. The van der Waals surface area contributed by atoms with Gasteiger partial charge in [0.2, 0.25) is 0 Å². The van der Waals surface area contributed by atoms with Gasteiger partial charge >= 0.3 is 0 Å². The number of likely N-dealkylation sites (N-methyl/N-ethyl adjacent to an activating group) is 1. The van der Waals surface area contributed by atoms with Crippen molar-refractivity contribution in [2.45, 2.75) is 25.8 Å². The van der Waals surface area contributed by atoms with Crippen LogP contribution in [-0.4, -0.2) is 24.2 Å². The van der Waals surface area contributed by atoms with Crippen LogP contribution in [0.15, 0.2) is 24.5 Å². The lowest BCUT2D eigenvalue weighted by Gasteiger charge is -2.20. The first-order valence-corrected chi connectivity index (χ1v) is 5.31. The van der Waals surface area contributed by atoms with Crippen LogP contribution in [0, 0.1) is 5.41 Å². The van der Waals surface area contributed by atoms with E-state index in [1.807, 2.05) is 19.2 Å². The van der Waals surface area contributed by atoms with Crippen LogP contribution in [0.25, 0.3) is 0 Å². The number of nitrogens with one attached hydrogen (secondary N) is 1. The molecule has 1 atom stereocenters. The SMILES string of the molecule is CN[C@@]1(COc2cccnc2)CC1(C)C.Cl.Cl. The second-order valence-electron chi connectivity index (χ2n) is 4.87. The molecule has 3 nitrogen and oxygen atoms in total. The van der Waals surface area contributed by atoms with Gasteiger partial charge < -0.3 is 10.1 Å². The highest BCUT2D eigenvalue weighted by Crippen LogP contribution is 2.55. The van der Waals surface area contributed by atoms with E-state index >= 15 is 0 Å². The van der Waals surface area contributed by atoms with Crippen LogP contribution in [0.1, 0.15) is 20.3 Å². The highest BCUT2D eigenvalue weighted by molar-refractivity contribution is 5.85. The summed E-state index contributed by atoms with van der Waals surface area (Å²) < 4.78 is 5.73. The minimum atomic E-state index is 0. The molecule has 0 aromatic carbocycles. The van der Waals surface area contributed by atoms with Gasteiger partial charge in [-0.25, -0.2) is 0 Å². The van der Waals surface area contributed by atoms with E-state index in [1.165, 1.54) is 0 Å². The molecule has 1 heterocycles. The van der Waals surface area contributed by atoms with Gasteiger partial charge in [0.05, 0.1) is 11.7 Å². The first-order valence-electron chi connectivity index (χ1n) is 5.31. The fourth-order valence-electron chi connectivity index (χ4n) is 2.09. The molecule has 1 N–H and O–H groups in total. The van der Waals surface area contributed by atoms with Crippen molar-refractivity contribution in [2.24, 2.45) is 5.41 Å². The summed E-state index contributed by atoms with van der Waals surface area (Å²) in [5.74, 6) is 0.842. The Morgan fingerprint density at radius 3 is 2.47 bits per heavy atom. The number of rotatable bonds is 4. The van der Waals surface area contributed by atoms with Crippen LogP contribution < -0.4 is 10.1 Å². The van der Waals surface area contributed by atoms with Crippen molar-refractivity contribution in [3.05, 3.63) is 24.5 Å². The van der Waals surface area contributed by atoms with Crippen LogP contribution in [-0.2, 0) is 0 Å². The minimum absolute atomic E-state index is 0. The van der Waals surface area contributed by atoms with Crippen molar-refractivity contribution < 1.29 is 4.74 Å². The van der Waals surface area contributed by atoms with Gasteiger partial charge in [-0.3, -0.25) is 4.98 Å². The Hall–Kier alpha value is -0.510. The number of pyridine rings is 1. The van der Waals surface area contributed by atoms with Crippen LogP contribution in [0.2, 0.25) is 0 Å². The molecule has 1 aromatic heterocycles. The second kappa shape index (κ2) is 5.89. The van der Waals surface area contributed by atoms with E-state index in [0.717, 1.165) is 12.2 Å². The highest BCUT2D eigenvalue weighted by atomic mass is 35.5. The zero-order valence-electron chi connectivity index (χ0n) is 10.4. The van der Waals surface area contributed by atoms with Crippen molar-refractivity contribution in [2.75, 3.05) is 13.7 Å². The third kappa shape index (κ3) is 3.24. The molecule has 17 heavy (non-hydrogen) atoms. The summed E-state index contributed by atoms with van der Waals surface area (Å²) in [6.07, 6.45) is 4.66. The number of halogens is 2. The van der Waals surface area contributed by atoms with Gasteiger partial charge in [0.15, 0.2) is 0 Å². The molecule has 98 valence electrons. The topological polar surface area (TPSA) is 34.1 Å². The Bertz CT molecular complexity index is 346. The Balaban J connectivity index is 0.00000128. The molecule has 0 amide bonds. The predicted molar refractivity (Wildman–Crippen MR) is 74.4 cm³/mol. The van der Waals surface area contributed by atoms with Gasteiger partial charge in [-0.1, -0.05) is 13.8 Å². The zero-order chi connectivity index (χ0) is 10.9. The molecule has 1 aliphatic carbocycles. The van der Waals surface area contributed by atoms with Gasteiger partial charge in [-0.2, -0.15) is 0 Å². The maximum atomic E-state index is 5.73. The molecule has 5 heteroatoms. The van der Waals surface area contributed by atoms with E-state index < -0.39 is 0 Å². The largest absolute Gasteiger partial charge is 0.490 e. The number of hydrogen-bond donors (Lipinski definition) is 1. The summed E-state index contributed by atoms with van der Waals surface area (Å²) in [6.45, 7) is 5.23. The molecule has 0 radical (unpaired) electrons. The van der Waals surface area contributed by atoms with E-state index in [-0.39, 0.29) is 30.4 Å². The standard InChI is InChI=1S/C12H18N2O.2ClH/c1-11(2)8-12(11,13-3)9-15-10-5-4-6-14-7-10;;/h4-7,13H,8-9H2,1-3H3;2*1H/t12-;;/m1../s1. The zero-order valence-corrected chi connectivity index (χ0v) is 12.0. The third-order valence-corrected chi connectivity index (χ3v) is 3.51. The van der Waals surface area contributed by atoms with E-state index in [9.17, 15) is 0 Å². The fourth-order valence-corrected chi connectivity index (χ4v) is 2.09. The lowest BCUT2D eigenvalue weighted by molar-refractivity contribution is 0.231. The number of ether oxygens (including phenoxy) is 1. The molecule has 1 fully saturated rings. The van der Waals surface area contributed by atoms with Crippen LogP contribution >= 0.6 is 24.8 Å². The summed E-state index contributed by atoms with van der Waals surface area (Å²) in [6, 6.07) is 3.82. The van der Waals surface area contributed by atoms with Crippen molar-refractivity contribution in [1.82, 2.24) is 10.3 Å². The Morgan fingerprint density at radius 1 is 1.41 bits per heavy atom. The summed E-state index contributed by atoms with van der Waals surface area (Å²) in [7, 11) is 2.00. The van der Waals surface area contributed by atoms with Crippen LogP contribution in [0.4, 0.5) is 0 Å². The van der Waals surface area contributed by atoms with Crippen LogP contribution in [0.3, 0.4) is 0 Å². The van der Waals surface area contributed by atoms with Gasteiger partial charge in [0.25, 0.3) is 0 Å². The first-order chi connectivity index (χ1) is 7.10.